The van der Waals surface area contributed by atoms with E-state index in [1.54, 1.807) is 0 Å². The van der Waals surface area contributed by atoms with Crippen LogP contribution in [0.5, 0.6) is 23.0 Å². The number of amides is 4. The third-order valence-corrected chi connectivity index (χ3v) is 3.95. The summed E-state index contributed by atoms with van der Waals surface area (Å²) in [6, 6.07) is 7.61. The number of nitrogens with one attached hydrogen (secondary N) is 2. The van der Waals surface area contributed by atoms with Crippen molar-refractivity contribution >= 4 is 23.6 Å². The third-order valence-electron chi connectivity index (χ3n) is 3.95. The number of aromatic hydroxyl groups is 4. The SMILES string of the molecule is O=C(CCC(=O)NC(=O)Cc1ccc(O)c(O)c1)NC(=O)Cc1ccc(O)c(O)c1. The summed E-state index contributed by atoms with van der Waals surface area (Å²) in [5.74, 6) is -4.20. The van der Waals surface area contributed by atoms with Crippen LogP contribution in [0.1, 0.15) is 24.0 Å². The number of rotatable bonds is 7. The lowest BCUT2D eigenvalue weighted by Crippen LogP contribution is -2.35. The standard InChI is InChI=1S/C20H20N2O8/c23-13-3-1-11(7-15(13)25)9-19(29)21-17(27)5-6-18(28)22-20(30)10-12-2-4-14(24)16(26)8-12/h1-4,7-8,23-26H,5-6,9-10H2,(H,21,27,29)(H,22,28,30). The normalized spacial score (nSPS) is 10.3. The van der Waals surface area contributed by atoms with Crippen LogP contribution >= 0.6 is 0 Å². The van der Waals surface area contributed by atoms with Crippen molar-refractivity contribution in [3.8, 4) is 23.0 Å². The highest BCUT2D eigenvalue weighted by Crippen LogP contribution is 2.25. The fraction of sp³-hybridized carbons (Fsp3) is 0.200. The second-order valence-electron chi connectivity index (χ2n) is 6.44. The number of carbonyl (C=O) groups excluding carboxylic acids is 4. The van der Waals surface area contributed by atoms with Crippen LogP contribution < -0.4 is 10.6 Å². The quantitative estimate of drug-likeness (QED) is 0.351. The lowest BCUT2D eigenvalue weighted by Gasteiger charge is -2.07. The van der Waals surface area contributed by atoms with Crippen molar-refractivity contribution in [2.24, 2.45) is 0 Å². The van der Waals surface area contributed by atoms with E-state index in [2.05, 4.69) is 10.6 Å². The van der Waals surface area contributed by atoms with Crippen molar-refractivity contribution in [1.82, 2.24) is 10.6 Å². The van der Waals surface area contributed by atoms with Crippen LogP contribution in [-0.2, 0) is 32.0 Å². The fourth-order valence-electron chi connectivity index (χ4n) is 2.48. The molecule has 0 saturated carbocycles. The first kappa shape index (κ1) is 22.2. The minimum Gasteiger partial charge on any atom is -0.504 e. The van der Waals surface area contributed by atoms with Gasteiger partial charge in [0.05, 0.1) is 12.8 Å². The number of hydrogen-bond donors (Lipinski definition) is 6. The van der Waals surface area contributed by atoms with Gasteiger partial charge in [-0.3, -0.25) is 29.8 Å². The van der Waals surface area contributed by atoms with Crippen LogP contribution in [0.4, 0.5) is 0 Å². The Kier molecular flexibility index (Phi) is 7.34. The van der Waals surface area contributed by atoms with E-state index in [-0.39, 0.29) is 37.2 Å². The molecule has 0 spiro atoms. The van der Waals surface area contributed by atoms with Gasteiger partial charge in [-0.05, 0) is 35.4 Å². The van der Waals surface area contributed by atoms with Gasteiger partial charge in [-0.15, -0.1) is 0 Å². The highest BCUT2D eigenvalue weighted by atomic mass is 16.3. The zero-order valence-electron chi connectivity index (χ0n) is 15.7. The van der Waals surface area contributed by atoms with Crippen molar-refractivity contribution in [3.63, 3.8) is 0 Å². The number of imide groups is 2. The second kappa shape index (κ2) is 9.92. The number of carbonyl (C=O) groups is 4. The summed E-state index contributed by atoms with van der Waals surface area (Å²) >= 11 is 0. The van der Waals surface area contributed by atoms with Crippen LogP contribution in [0.25, 0.3) is 0 Å². The molecule has 0 heterocycles. The summed E-state index contributed by atoms with van der Waals surface area (Å²) in [6.45, 7) is 0. The molecule has 0 bridgehead atoms. The largest absolute Gasteiger partial charge is 0.504 e. The molecule has 10 heteroatoms. The Morgan fingerprint density at radius 1 is 0.567 bits per heavy atom. The first-order chi connectivity index (χ1) is 14.1. The molecule has 0 saturated heterocycles. The van der Waals surface area contributed by atoms with Gasteiger partial charge in [-0.25, -0.2) is 0 Å². The molecule has 158 valence electrons. The van der Waals surface area contributed by atoms with Crippen molar-refractivity contribution in [2.75, 3.05) is 0 Å². The molecule has 0 radical (unpaired) electrons. The Morgan fingerprint density at radius 2 is 0.933 bits per heavy atom. The molecule has 0 atom stereocenters. The molecule has 0 aliphatic rings. The highest BCUT2D eigenvalue weighted by Gasteiger charge is 2.14. The third kappa shape index (κ3) is 6.82. The van der Waals surface area contributed by atoms with E-state index in [4.69, 9.17) is 0 Å². The van der Waals surface area contributed by atoms with Crippen molar-refractivity contribution < 1.29 is 39.6 Å². The smallest absolute Gasteiger partial charge is 0.230 e. The zero-order chi connectivity index (χ0) is 22.3. The molecule has 30 heavy (non-hydrogen) atoms. The van der Waals surface area contributed by atoms with Gasteiger partial charge in [-0.2, -0.15) is 0 Å². The molecule has 0 aromatic heterocycles. The van der Waals surface area contributed by atoms with E-state index in [9.17, 15) is 39.6 Å². The van der Waals surface area contributed by atoms with Gasteiger partial charge in [0.1, 0.15) is 0 Å². The van der Waals surface area contributed by atoms with Gasteiger partial charge >= 0.3 is 0 Å². The maximum atomic E-state index is 11.8. The van der Waals surface area contributed by atoms with Gasteiger partial charge in [-0.1, -0.05) is 12.1 Å². The Morgan fingerprint density at radius 3 is 1.27 bits per heavy atom. The Bertz CT molecular complexity index is 907. The monoisotopic (exact) mass is 416 g/mol. The molecule has 2 aromatic carbocycles. The van der Waals surface area contributed by atoms with E-state index in [0.29, 0.717) is 11.1 Å². The van der Waals surface area contributed by atoms with Crippen LogP contribution in [0.15, 0.2) is 36.4 Å². The van der Waals surface area contributed by atoms with Gasteiger partial charge < -0.3 is 20.4 Å². The summed E-state index contributed by atoms with van der Waals surface area (Å²) in [5, 5.41) is 41.4. The Labute approximate surface area is 170 Å². The van der Waals surface area contributed by atoms with Crippen molar-refractivity contribution in [1.29, 1.82) is 0 Å². The zero-order valence-corrected chi connectivity index (χ0v) is 15.7. The van der Waals surface area contributed by atoms with E-state index in [1.165, 1.54) is 36.4 Å². The summed E-state index contributed by atoms with van der Waals surface area (Å²) in [5.41, 5.74) is 0.749. The molecule has 0 aliphatic carbocycles. The van der Waals surface area contributed by atoms with E-state index in [1.807, 2.05) is 0 Å². The highest BCUT2D eigenvalue weighted by molar-refractivity contribution is 6.00. The maximum Gasteiger partial charge on any atom is 0.230 e. The summed E-state index contributed by atoms with van der Waals surface area (Å²) in [6.07, 6.45) is -1.09. The molecule has 4 amide bonds. The van der Waals surface area contributed by atoms with Crippen molar-refractivity contribution in [2.45, 2.75) is 25.7 Å². The maximum absolute atomic E-state index is 11.8. The average molecular weight is 416 g/mol. The topological polar surface area (TPSA) is 173 Å². The summed E-state index contributed by atoms with van der Waals surface area (Å²) < 4.78 is 0. The van der Waals surface area contributed by atoms with Gasteiger partial charge in [0, 0.05) is 12.8 Å². The summed E-state index contributed by atoms with van der Waals surface area (Å²) in [4.78, 5) is 47.2. The molecule has 0 fully saturated rings. The first-order valence-corrected chi connectivity index (χ1v) is 8.81. The van der Waals surface area contributed by atoms with E-state index < -0.39 is 35.1 Å². The lowest BCUT2D eigenvalue weighted by molar-refractivity contribution is -0.134. The Balaban J connectivity index is 1.73. The first-order valence-electron chi connectivity index (χ1n) is 8.81. The van der Waals surface area contributed by atoms with E-state index >= 15 is 0 Å². The van der Waals surface area contributed by atoms with E-state index in [0.717, 1.165) is 0 Å². The molecular weight excluding hydrogens is 396 g/mol. The van der Waals surface area contributed by atoms with Gasteiger partial charge in [0.15, 0.2) is 23.0 Å². The van der Waals surface area contributed by atoms with Gasteiger partial charge in [0.2, 0.25) is 23.6 Å². The molecule has 0 aliphatic heterocycles. The van der Waals surface area contributed by atoms with Crippen LogP contribution in [0.3, 0.4) is 0 Å². The predicted molar refractivity (Wildman–Crippen MR) is 102 cm³/mol. The second-order valence-corrected chi connectivity index (χ2v) is 6.44. The minimum atomic E-state index is -0.714. The van der Waals surface area contributed by atoms with Crippen LogP contribution in [-0.4, -0.2) is 44.1 Å². The number of benzene rings is 2. The number of phenolic OH excluding ortho intramolecular Hbond substituents is 4. The average Bonchev–Trinajstić information content (AvgIpc) is 2.66. The van der Waals surface area contributed by atoms with Crippen LogP contribution in [0.2, 0.25) is 0 Å². The molecule has 0 unspecified atom stereocenters. The molecule has 6 N–H and O–H groups in total. The fourth-order valence-corrected chi connectivity index (χ4v) is 2.48. The lowest BCUT2D eigenvalue weighted by atomic mass is 10.1. The molecule has 2 aromatic rings. The van der Waals surface area contributed by atoms with Crippen LogP contribution in [0, 0.1) is 0 Å². The minimum absolute atomic E-state index is 0.219. The number of phenols is 4. The predicted octanol–water partition coefficient (Wildman–Crippen LogP) is 0.360. The Hall–Kier alpha value is -4.08. The molecule has 2 rings (SSSR count). The molecule has 10 nitrogen and oxygen atoms in total. The molecular formula is C20H20N2O8. The number of hydrogen-bond acceptors (Lipinski definition) is 8. The van der Waals surface area contributed by atoms with Crippen molar-refractivity contribution in [3.05, 3.63) is 47.5 Å². The van der Waals surface area contributed by atoms with Gasteiger partial charge in [0.25, 0.3) is 0 Å². The summed E-state index contributed by atoms with van der Waals surface area (Å²) in [7, 11) is 0.